The second-order valence-electron chi connectivity index (χ2n) is 5.55. The largest absolute Gasteiger partial charge is 0.418 e. The van der Waals surface area contributed by atoms with Gasteiger partial charge in [-0.2, -0.15) is 13.2 Å². The van der Waals surface area contributed by atoms with Crippen molar-refractivity contribution >= 4 is 27.5 Å². The van der Waals surface area contributed by atoms with Crippen LogP contribution in [-0.2, 0) is 23.8 Å². The Bertz CT molecular complexity index is 758. The summed E-state index contributed by atoms with van der Waals surface area (Å²) in [6.45, 7) is 0. The lowest BCUT2D eigenvalue weighted by Crippen LogP contribution is -2.24. The highest BCUT2D eigenvalue weighted by molar-refractivity contribution is 9.10. The third kappa shape index (κ3) is 3.42. The molecular weight excluding hydrogens is 371 g/mol. The minimum Gasteiger partial charge on any atom is -0.325 e. The van der Waals surface area contributed by atoms with Crippen molar-refractivity contribution in [1.29, 1.82) is 0 Å². The van der Waals surface area contributed by atoms with Crippen molar-refractivity contribution in [3.05, 3.63) is 63.6 Å². The van der Waals surface area contributed by atoms with Gasteiger partial charge < -0.3 is 5.32 Å². The van der Waals surface area contributed by atoms with Crippen molar-refractivity contribution in [2.75, 3.05) is 5.32 Å². The van der Waals surface area contributed by atoms with Crippen LogP contribution >= 0.6 is 15.9 Å². The Balaban J connectivity index is 1.77. The maximum absolute atomic E-state index is 13.0. The van der Waals surface area contributed by atoms with Gasteiger partial charge in [-0.3, -0.25) is 4.79 Å². The van der Waals surface area contributed by atoms with E-state index >= 15 is 0 Å². The highest BCUT2D eigenvalue weighted by atomic mass is 79.9. The van der Waals surface area contributed by atoms with Gasteiger partial charge in [-0.05, 0) is 48.2 Å². The average Bonchev–Trinajstić information content (AvgIpc) is 2.89. The summed E-state index contributed by atoms with van der Waals surface area (Å²) >= 11 is 3.38. The van der Waals surface area contributed by atoms with E-state index in [4.69, 9.17) is 0 Å². The first-order valence-corrected chi connectivity index (χ1v) is 7.88. The van der Waals surface area contributed by atoms with E-state index in [1.54, 1.807) is 0 Å². The zero-order chi connectivity index (χ0) is 16.6. The molecule has 3 rings (SSSR count). The van der Waals surface area contributed by atoms with Gasteiger partial charge in [-0.15, -0.1) is 0 Å². The van der Waals surface area contributed by atoms with E-state index in [-0.39, 0.29) is 17.5 Å². The standard InChI is InChI=1S/C17H13BrF3NO/c18-13-6-5-10-7-12(8-11(10)9-13)16(23)22-15-4-2-1-3-14(15)17(19,20)21/h1-6,9,12H,7-8H2,(H,22,23). The number of fused-ring (bicyclic) bond motifs is 1. The molecule has 1 amide bonds. The van der Waals surface area contributed by atoms with Gasteiger partial charge in [-0.25, -0.2) is 0 Å². The van der Waals surface area contributed by atoms with Gasteiger partial charge in [0.15, 0.2) is 0 Å². The van der Waals surface area contributed by atoms with Crippen LogP contribution in [0.3, 0.4) is 0 Å². The van der Waals surface area contributed by atoms with Crippen LogP contribution in [0.25, 0.3) is 0 Å². The maximum atomic E-state index is 13.0. The number of rotatable bonds is 2. The summed E-state index contributed by atoms with van der Waals surface area (Å²) in [6, 6.07) is 10.8. The van der Waals surface area contributed by atoms with Crippen LogP contribution in [-0.4, -0.2) is 5.91 Å². The smallest absolute Gasteiger partial charge is 0.325 e. The van der Waals surface area contributed by atoms with Crippen molar-refractivity contribution in [2.45, 2.75) is 19.0 Å². The molecule has 0 spiro atoms. The number of halogens is 4. The molecule has 1 unspecified atom stereocenters. The Hall–Kier alpha value is -1.82. The highest BCUT2D eigenvalue weighted by Gasteiger charge is 2.34. The third-order valence-electron chi connectivity index (χ3n) is 3.96. The third-order valence-corrected chi connectivity index (χ3v) is 4.46. The molecule has 0 aliphatic heterocycles. The van der Waals surface area contributed by atoms with Gasteiger partial charge in [0.25, 0.3) is 0 Å². The molecule has 2 nitrogen and oxygen atoms in total. The van der Waals surface area contributed by atoms with Gasteiger partial charge >= 0.3 is 6.18 Å². The van der Waals surface area contributed by atoms with Crippen LogP contribution in [0.15, 0.2) is 46.9 Å². The summed E-state index contributed by atoms with van der Waals surface area (Å²) in [5.41, 5.74) is 1.11. The Morgan fingerprint density at radius 2 is 1.78 bits per heavy atom. The lowest BCUT2D eigenvalue weighted by molar-refractivity contribution is -0.137. The van der Waals surface area contributed by atoms with Gasteiger partial charge in [0.05, 0.1) is 11.3 Å². The van der Waals surface area contributed by atoms with Gasteiger partial charge in [0.1, 0.15) is 0 Å². The fourth-order valence-corrected chi connectivity index (χ4v) is 3.25. The van der Waals surface area contributed by atoms with Gasteiger partial charge in [0.2, 0.25) is 5.91 Å². The van der Waals surface area contributed by atoms with Crippen molar-refractivity contribution in [3.8, 4) is 0 Å². The van der Waals surface area contributed by atoms with Crippen molar-refractivity contribution in [2.24, 2.45) is 5.92 Å². The first kappa shape index (κ1) is 16.1. The fourth-order valence-electron chi connectivity index (χ4n) is 2.85. The van der Waals surface area contributed by atoms with Crippen molar-refractivity contribution in [1.82, 2.24) is 0 Å². The predicted octanol–water partition coefficient (Wildman–Crippen LogP) is 4.82. The molecule has 1 aliphatic carbocycles. The fraction of sp³-hybridized carbons (Fsp3) is 0.235. The molecule has 0 aromatic heterocycles. The number of carbonyl (C=O) groups is 1. The molecule has 0 fully saturated rings. The van der Waals surface area contributed by atoms with Crippen LogP contribution in [0.2, 0.25) is 0 Å². The number of hydrogen-bond donors (Lipinski definition) is 1. The minimum absolute atomic E-state index is 0.192. The topological polar surface area (TPSA) is 29.1 Å². The van der Waals surface area contributed by atoms with E-state index in [2.05, 4.69) is 21.2 Å². The summed E-state index contributed by atoms with van der Waals surface area (Å²) in [6.07, 6.45) is -3.41. The van der Waals surface area contributed by atoms with E-state index in [1.165, 1.54) is 18.2 Å². The summed E-state index contributed by atoms with van der Waals surface area (Å²) < 4.78 is 39.9. The summed E-state index contributed by atoms with van der Waals surface area (Å²) in [5.74, 6) is -0.727. The van der Waals surface area contributed by atoms with E-state index in [0.29, 0.717) is 12.8 Å². The molecule has 0 saturated carbocycles. The Morgan fingerprint density at radius 1 is 1.09 bits per heavy atom. The van der Waals surface area contributed by atoms with Crippen LogP contribution in [0.1, 0.15) is 16.7 Å². The van der Waals surface area contributed by atoms with Crippen LogP contribution in [0, 0.1) is 5.92 Å². The molecule has 1 atom stereocenters. The molecule has 0 heterocycles. The SMILES string of the molecule is O=C(Nc1ccccc1C(F)(F)F)C1Cc2ccc(Br)cc2C1. The Morgan fingerprint density at radius 3 is 2.52 bits per heavy atom. The quantitative estimate of drug-likeness (QED) is 0.790. The van der Waals surface area contributed by atoms with E-state index in [9.17, 15) is 18.0 Å². The molecule has 120 valence electrons. The van der Waals surface area contributed by atoms with E-state index in [0.717, 1.165) is 21.7 Å². The van der Waals surface area contributed by atoms with Gasteiger partial charge in [0, 0.05) is 10.4 Å². The molecule has 0 radical (unpaired) electrons. The van der Waals surface area contributed by atoms with Gasteiger partial charge in [-0.1, -0.05) is 34.1 Å². The summed E-state index contributed by atoms with van der Waals surface area (Å²) in [4.78, 5) is 12.4. The van der Waals surface area contributed by atoms with Crippen LogP contribution in [0.5, 0.6) is 0 Å². The number of benzene rings is 2. The summed E-state index contributed by atoms with van der Waals surface area (Å²) in [7, 11) is 0. The number of amides is 1. The molecule has 1 aliphatic rings. The molecule has 0 saturated heterocycles. The number of para-hydroxylation sites is 1. The van der Waals surface area contributed by atoms with Crippen LogP contribution in [0.4, 0.5) is 18.9 Å². The molecular formula is C17H13BrF3NO. The number of nitrogens with one attached hydrogen (secondary N) is 1. The highest BCUT2D eigenvalue weighted by Crippen LogP contribution is 2.35. The summed E-state index contributed by atoms with van der Waals surface area (Å²) in [5, 5.41) is 2.44. The van der Waals surface area contributed by atoms with Crippen molar-refractivity contribution in [3.63, 3.8) is 0 Å². The molecule has 2 aromatic rings. The van der Waals surface area contributed by atoms with Crippen LogP contribution < -0.4 is 5.32 Å². The molecule has 6 heteroatoms. The molecule has 23 heavy (non-hydrogen) atoms. The number of anilines is 1. The number of hydrogen-bond acceptors (Lipinski definition) is 1. The average molecular weight is 384 g/mol. The second-order valence-corrected chi connectivity index (χ2v) is 6.47. The Labute approximate surface area is 139 Å². The van der Waals surface area contributed by atoms with Crippen molar-refractivity contribution < 1.29 is 18.0 Å². The molecule has 0 bridgehead atoms. The predicted molar refractivity (Wildman–Crippen MR) is 85.1 cm³/mol. The second kappa shape index (κ2) is 6.00. The lowest BCUT2D eigenvalue weighted by Gasteiger charge is -2.15. The Kier molecular flexibility index (Phi) is 4.19. The lowest BCUT2D eigenvalue weighted by atomic mass is 10.0. The van der Waals surface area contributed by atoms with E-state index < -0.39 is 11.7 Å². The molecule has 2 aromatic carbocycles. The maximum Gasteiger partial charge on any atom is 0.418 e. The monoisotopic (exact) mass is 383 g/mol. The normalized spacial score (nSPS) is 17.0. The number of carbonyl (C=O) groups excluding carboxylic acids is 1. The first-order valence-electron chi connectivity index (χ1n) is 7.09. The number of alkyl halides is 3. The molecule has 1 N–H and O–H groups in total. The van der Waals surface area contributed by atoms with E-state index in [1.807, 2.05) is 18.2 Å². The first-order chi connectivity index (χ1) is 10.8. The zero-order valence-corrected chi connectivity index (χ0v) is 13.5. The zero-order valence-electron chi connectivity index (χ0n) is 12.0. The minimum atomic E-state index is -4.49.